The van der Waals surface area contributed by atoms with Crippen LogP contribution in [0.15, 0.2) is 72.8 Å². The maximum absolute atomic E-state index is 13.5. The molecule has 7 nitrogen and oxygen atoms in total. The van der Waals surface area contributed by atoms with E-state index in [9.17, 15) is 23.2 Å². The van der Waals surface area contributed by atoms with Crippen molar-refractivity contribution < 1.29 is 33.0 Å². The predicted octanol–water partition coefficient (Wildman–Crippen LogP) is 4.89. The number of benzene rings is 3. The van der Waals surface area contributed by atoms with Gasteiger partial charge >= 0.3 is 12.1 Å². The van der Waals surface area contributed by atoms with Crippen LogP contribution in [0.2, 0.25) is 0 Å². The van der Waals surface area contributed by atoms with E-state index in [0.717, 1.165) is 22.3 Å². The van der Waals surface area contributed by atoms with E-state index in [0.29, 0.717) is 0 Å². The van der Waals surface area contributed by atoms with E-state index in [1.54, 1.807) is 0 Å². The van der Waals surface area contributed by atoms with Crippen molar-refractivity contribution in [1.29, 1.82) is 0 Å². The van der Waals surface area contributed by atoms with Crippen LogP contribution < -0.4 is 10.6 Å². The second-order valence-electron chi connectivity index (χ2n) is 8.05. The number of hydrogen-bond acceptors (Lipinski definition) is 4. The lowest BCUT2D eigenvalue weighted by Gasteiger charge is -2.19. The monoisotopic (exact) mass is 480 g/mol. The molecule has 0 spiro atoms. The smallest absolute Gasteiger partial charge is 0.407 e. The van der Waals surface area contributed by atoms with Gasteiger partial charge in [-0.05, 0) is 46.5 Å². The lowest BCUT2D eigenvalue weighted by Crippen LogP contribution is -2.43. The Morgan fingerprint density at radius 2 is 1.46 bits per heavy atom. The summed E-state index contributed by atoms with van der Waals surface area (Å²) in [7, 11) is 0. The number of hydrogen-bond donors (Lipinski definition) is 3. The topological polar surface area (TPSA) is 105 Å². The number of fused-ring (bicyclic) bond motifs is 3. The fourth-order valence-corrected chi connectivity index (χ4v) is 4.10. The number of ether oxygens (including phenoxy) is 1. The molecule has 0 radical (unpaired) electrons. The second-order valence-corrected chi connectivity index (χ2v) is 8.05. The first-order chi connectivity index (χ1) is 16.8. The third-order valence-corrected chi connectivity index (χ3v) is 5.77. The summed E-state index contributed by atoms with van der Waals surface area (Å²) in [4.78, 5) is 35.4. The predicted molar refractivity (Wildman–Crippen MR) is 125 cm³/mol. The van der Waals surface area contributed by atoms with Crippen LogP contribution >= 0.6 is 0 Å². The molecule has 0 heterocycles. The molecule has 0 aromatic heterocycles. The number of carbonyl (C=O) groups excluding carboxylic acids is 2. The van der Waals surface area contributed by atoms with Crippen molar-refractivity contribution in [2.45, 2.75) is 24.8 Å². The number of carboxylic acids is 1. The van der Waals surface area contributed by atoms with E-state index in [2.05, 4.69) is 10.6 Å². The minimum Gasteiger partial charge on any atom is -0.478 e. The van der Waals surface area contributed by atoms with Crippen LogP contribution in [-0.2, 0) is 9.53 Å². The quantitative estimate of drug-likeness (QED) is 0.426. The number of halogens is 2. The van der Waals surface area contributed by atoms with Crippen LogP contribution in [0.1, 0.15) is 33.8 Å². The summed E-state index contributed by atoms with van der Waals surface area (Å²) in [6.45, 7) is -0.0437. The highest BCUT2D eigenvalue weighted by Gasteiger charge is 2.30. The average Bonchev–Trinajstić information content (AvgIpc) is 3.16. The van der Waals surface area contributed by atoms with Crippen molar-refractivity contribution in [2.75, 3.05) is 11.9 Å². The molecular weight excluding hydrogens is 458 g/mol. The van der Waals surface area contributed by atoms with Gasteiger partial charge in [0.15, 0.2) is 0 Å². The summed E-state index contributed by atoms with van der Waals surface area (Å²) >= 11 is 0. The first-order valence-corrected chi connectivity index (χ1v) is 10.9. The average molecular weight is 480 g/mol. The Bertz CT molecular complexity index is 1200. The zero-order valence-corrected chi connectivity index (χ0v) is 18.4. The van der Waals surface area contributed by atoms with E-state index >= 15 is 0 Å². The molecule has 1 aliphatic carbocycles. The maximum atomic E-state index is 13.5. The molecule has 3 aromatic carbocycles. The molecule has 9 heteroatoms. The highest BCUT2D eigenvalue weighted by Crippen LogP contribution is 2.44. The van der Waals surface area contributed by atoms with Gasteiger partial charge < -0.3 is 20.5 Å². The van der Waals surface area contributed by atoms with Crippen LogP contribution in [0.25, 0.3) is 11.1 Å². The first kappa shape index (κ1) is 23.9. The van der Waals surface area contributed by atoms with E-state index < -0.39 is 36.9 Å². The summed E-state index contributed by atoms with van der Waals surface area (Å²) in [5, 5.41) is 13.4. The van der Waals surface area contributed by atoms with Gasteiger partial charge in [-0.1, -0.05) is 48.5 Å². The normalized spacial score (nSPS) is 13.0. The van der Waals surface area contributed by atoms with Gasteiger partial charge in [-0.2, -0.15) is 0 Å². The molecule has 3 aromatic rings. The molecule has 0 bridgehead atoms. The summed E-state index contributed by atoms with van der Waals surface area (Å²) in [6, 6.07) is 18.9. The maximum Gasteiger partial charge on any atom is 0.407 e. The number of alkyl halides is 2. The molecular formula is C26H22F2N2O5. The number of anilines is 1. The van der Waals surface area contributed by atoms with Gasteiger partial charge in [-0.3, -0.25) is 4.79 Å². The molecule has 1 atom stereocenters. The van der Waals surface area contributed by atoms with Gasteiger partial charge in [-0.25, -0.2) is 18.4 Å². The highest BCUT2D eigenvalue weighted by atomic mass is 19.3. The van der Waals surface area contributed by atoms with Gasteiger partial charge in [0, 0.05) is 11.6 Å². The SMILES string of the molecule is O=C(CC(NC(=O)OCC1c2ccccc2-c2ccccc21)C(F)F)Nc1ccc(C(=O)O)cc1. The van der Waals surface area contributed by atoms with Crippen LogP contribution in [0.4, 0.5) is 19.3 Å². The Balaban J connectivity index is 1.34. The van der Waals surface area contributed by atoms with Gasteiger partial charge in [0.05, 0.1) is 12.0 Å². The fraction of sp³-hybridized carbons (Fsp3) is 0.192. The highest BCUT2D eigenvalue weighted by molar-refractivity contribution is 5.93. The number of amides is 2. The minimum atomic E-state index is -3.00. The second kappa shape index (κ2) is 10.3. The van der Waals surface area contributed by atoms with Crippen molar-refractivity contribution in [3.8, 4) is 11.1 Å². The van der Waals surface area contributed by atoms with Gasteiger partial charge in [-0.15, -0.1) is 0 Å². The third-order valence-electron chi connectivity index (χ3n) is 5.77. The Labute approximate surface area is 199 Å². The van der Waals surface area contributed by atoms with E-state index in [1.807, 2.05) is 48.5 Å². The lowest BCUT2D eigenvalue weighted by atomic mass is 9.98. The standard InChI is InChI=1S/C26H22F2N2O5/c27-24(28)22(13-23(31)29-16-11-9-15(10-12-16)25(32)33)30-26(34)35-14-21-19-7-3-1-5-17(19)18-6-2-4-8-20(18)21/h1-12,21-22,24H,13-14H2,(H,29,31)(H,30,34)(H,32,33). The van der Waals surface area contributed by atoms with Crippen molar-refractivity contribution in [2.24, 2.45) is 0 Å². The Hall–Kier alpha value is -4.27. The number of aromatic carboxylic acids is 1. The lowest BCUT2D eigenvalue weighted by molar-refractivity contribution is -0.117. The third kappa shape index (κ3) is 5.46. The number of carboxylic acid groups (broad SMARTS) is 1. The van der Waals surface area contributed by atoms with Crippen molar-refractivity contribution >= 4 is 23.7 Å². The zero-order chi connectivity index (χ0) is 24.9. The van der Waals surface area contributed by atoms with E-state index in [1.165, 1.54) is 24.3 Å². The summed E-state index contributed by atoms with van der Waals surface area (Å²) in [5.41, 5.74) is 4.31. The number of nitrogens with one attached hydrogen (secondary N) is 2. The molecule has 0 saturated carbocycles. The summed E-state index contributed by atoms with van der Waals surface area (Å²) in [5.74, 6) is -2.12. The van der Waals surface area contributed by atoms with Crippen LogP contribution in [-0.4, -0.2) is 42.2 Å². The molecule has 0 fully saturated rings. The van der Waals surface area contributed by atoms with E-state index in [-0.39, 0.29) is 23.8 Å². The number of rotatable bonds is 8. The molecule has 3 N–H and O–H groups in total. The number of carbonyl (C=O) groups is 3. The molecule has 1 aliphatic rings. The van der Waals surface area contributed by atoms with Gasteiger partial charge in [0.1, 0.15) is 12.6 Å². The van der Waals surface area contributed by atoms with Gasteiger partial charge in [0.25, 0.3) is 6.43 Å². The van der Waals surface area contributed by atoms with Crippen molar-refractivity contribution in [1.82, 2.24) is 5.32 Å². The zero-order valence-electron chi connectivity index (χ0n) is 18.4. The van der Waals surface area contributed by atoms with Crippen molar-refractivity contribution in [3.63, 3.8) is 0 Å². The summed E-state index contributed by atoms with van der Waals surface area (Å²) < 4.78 is 32.3. The van der Waals surface area contributed by atoms with Gasteiger partial charge in [0.2, 0.25) is 5.91 Å². The van der Waals surface area contributed by atoms with Crippen LogP contribution in [0, 0.1) is 0 Å². The molecule has 180 valence electrons. The minimum absolute atomic E-state index is 0.0189. The van der Waals surface area contributed by atoms with E-state index in [4.69, 9.17) is 9.84 Å². The Kier molecular flexibility index (Phi) is 7.05. The van der Waals surface area contributed by atoms with Crippen LogP contribution in [0.3, 0.4) is 0 Å². The largest absolute Gasteiger partial charge is 0.478 e. The first-order valence-electron chi connectivity index (χ1n) is 10.9. The molecule has 0 aliphatic heterocycles. The molecule has 35 heavy (non-hydrogen) atoms. The summed E-state index contributed by atoms with van der Waals surface area (Å²) in [6.07, 6.45) is -4.74. The Morgan fingerprint density at radius 1 is 0.886 bits per heavy atom. The Morgan fingerprint density at radius 3 is 2.00 bits per heavy atom. The molecule has 1 unspecified atom stereocenters. The molecule has 0 saturated heterocycles. The molecule has 2 amide bonds. The molecule has 4 rings (SSSR count). The van der Waals surface area contributed by atoms with Crippen molar-refractivity contribution in [3.05, 3.63) is 89.5 Å². The van der Waals surface area contributed by atoms with Crippen LogP contribution in [0.5, 0.6) is 0 Å². The number of alkyl carbamates (subject to hydrolysis) is 1. The fourth-order valence-electron chi connectivity index (χ4n) is 4.10.